The van der Waals surface area contributed by atoms with Gasteiger partial charge >= 0.3 is 0 Å². The first-order chi connectivity index (χ1) is 39.8. The predicted molar refractivity (Wildman–Crippen MR) is 395 cm³/mol. The van der Waals surface area contributed by atoms with Gasteiger partial charge in [0.05, 0.1) is 0 Å². The van der Waals surface area contributed by atoms with E-state index >= 15 is 0 Å². The molecule has 0 bridgehead atoms. The molecular weight excluding hydrogens is 1030 g/mol. The highest BCUT2D eigenvalue weighted by Gasteiger charge is 2.24. The van der Waals surface area contributed by atoms with Gasteiger partial charge in [-0.1, -0.05) is 350 Å². The highest BCUT2D eigenvalue weighted by atomic mass is 14.3. The second kappa shape index (κ2) is 40.1. The number of rotatable bonds is 0. The first kappa shape index (κ1) is 81.2. The number of hydrogen-bond acceptors (Lipinski definition) is 0. The van der Waals surface area contributed by atoms with Gasteiger partial charge in [-0.25, -0.2) is 0 Å². The SMILES string of the molecule is CC1(C)C=CC=C1.CC1(C)C=CC=CC1.CC1(C)C=CCC1.CC1(C)C=CCC=C1.CC1(C)C=CCCC1.CC1(C)C=CCCCC1.CC1(C)CC=CC1.CC1(C)CC=CCC1.CC1(C)CCCC1.CC1(C)CCCCC1.CC1(C)CCCCCC1. The van der Waals surface area contributed by atoms with Crippen LogP contribution in [0, 0.1) is 59.6 Å². The average Bonchev–Trinajstić information content (AvgIpc) is 4.34. The van der Waals surface area contributed by atoms with Crippen molar-refractivity contribution in [1.82, 2.24) is 0 Å². The predicted octanol–water partition coefficient (Wildman–Crippen LogP) is 29.5. The zero-order valence-electron chi connectivity index (χ0n) is 62.1. The van der Waals surface area contributed by atoms with E-state index in [1.165, 1.54) is 193 Å². The van der Waals surface area contributed by atoms with Crippen LogP contribution in [0.4, 0.5) is 0 Å². The van der Waals surface area contributed by atoms with Crippen LogP contribution < -0.4 is 0 Å². The Morgan fingerprint density at radius 1 is 0.186 bits per heavy atom. The first-order valence-corrected chi connectivity index (χ1v) is 36.2. The van der Waals surface area contributed by atoms with Crippen molar-refractivity contribution in [3.05, 3.63) is 134 Å². The normalized spacial score (nSPS) is 25.8. The van der Waals surface area contributed by atoms with Gasteiger partial charge in [0.25, 0.3) is 0 Å². The lowest BCUT2D eigenvalue weighted by Crippen LogP contribution is -2.14. The van der Waals surface area contributed by atoms with Gasteiger partial charge in [0, 0.05) is 10.8 Å². The molecule has 11 rings (SSSR count). The topological polar surface area (TPSA) is 0 Å². The molecule has 494 valence electrons. The highest BCUT2D eigenvalue weighted by molar-refractivity contribution is 5.22. The van der Waals surface area contributed by atoms with Crippen molar-refractivity contribution in [2.24, 2.45) is 59.6 Å². The Bertz CT molecular complexity index is 2040. The standard InChI is InChI=1S/C9H18.C9H16.C8H16.2C8H14.2C8H12.C7H14.2C7H12.C7H10/c2*1-9(2)7-5-3-4-6-8-9;5*1-8(2)6-4-3-5-7-8;4*1-7(2)5-3-4-6-7/h3-8H2,1-2H3;5,7H,3-4,6,8H2,1-2H3;3-7H2,1-2H3;4,6H,3,5,7H2,1-2H3;3-4H,5-7H2,1-2H3;4-7H,3H2,1-2H3;3-6H,7H2,1-2H3;3-6H2,1-2H3;3,5H,4,6H2,1-2H3;3-4H,5-6H2,1-2H3;3-6H,1-2H3. The zero-order valence-corrected chi connectivity index (χ0v) is 62.1. The van der Waals surface area contributed by atoms with Crippen molar-refractivity contribution in [3.8, 4) is 0 Å². The van der Waals surface area contributed by atoms with Gasteiger partial charge in [0.1, 0.15) is 0 Å². The van der Waals surface area contributed by atoms with Crippen LogP contribution in [-0.4, -0.2) is 0 Å². The van der Waals surface area contributed by atoms with Gasteiger partial charge in [-0.15, -0.1) is 0 Å². The van der Waals surface area contributed by atoms with Crippen molar-refractivity contribution in [1.29, 1.82) is 0 Å². The van der Waals surface area contributed by atoms with Crippen LogP contribution in [0.3, 0.4) is 0 Å². The lowest BCUT2D eigenvalue weighted by molar-refractivity contribution is 0.244. The Kier molecular flexibility index (Phi) is 37.8. The molecule has 0 radical (unpaired) electrons. The van der Waals surface area contributed by atoms with Crippen LogP contribution in [-0.2, 0) is 0 Å². The molecule has 3 saturated carbocycles. The van der Waals surface area contributed by atoms with Crippen LogP contribution in [0.15, 0.2) is 134 Å². The molecule has 0 heteroatoms. The molecule has 0 aromatic heterocycles. The Balaban J connectivity index is 0.000000473. The minimum Gasteiger partial charge on any atom is -0.0885 e. The van der Waals surface area contributed by atoms with Crippen molar-refractivity contribution in [2.75, 3.05) is 0 Å². The summed E-state index contributed by atoms with van der Waals surface area (Å²) in [6.45, 7) is 50.6. The Hall–Kier alpha value is -2.86. The molecule has 0 aromatic rings. The van der Waals surface area contributed by atoms with E-state index in [-0.39, 0.29) is 0 Å². The van der Waals surface area contributed by atoms with E-state index in [0.29, 0.717) is 59.6 Å². The molecule has 0 atom stereocenters. The molecule has 0 aromatic carbocycles. The van der Waals surface area contributed by atoms with Gasteiger partial charge in [-0.05, 0) is 184 Å². The molecular formula is C86H150. The second-order valence-corrected chi connectivity index (χ2v) is 35.8. The minimum absolute atomic E-state index is 0.318. The summed E-state index contributed by atoms with van der Waals surface area (Å²) >= 11 is 0. The monoisotopic (exact) mass is 1180 g/mol. The average molecular weight is 1180 g/mol. The summed E-state index contributed by atoms with van der Waals surface area (Å²) in [6, 6.07) is 0. The lowest BCUT2D eigenvalue weighted by atomic mass is 9.78. The van der Waals surface area contributed by atoms with E-state index in [1.807, 2.05) is 0 Å². The summed E-state index contributed by atoms with van der Waals surface area (Å²) in [5.41, 5.74) is 5.77. The molecule has 0 amide bonds. The summed E-state index contributed by atoms with van der Waals surface area (Å²) < 4.78 is 0. The van der Waals surface area contributed by atoms with E-state index in [9.17, 15) is 0 Å². The molecule has 3 fully saturated rings. The van der Waals surface area contributed by atoms with Crippen molar-refractivity contribution in [3.63, 3.8) is 0 Å². The van der Waals surface area contributed by atoms with Gasteiger partial charge in [-0.3, -0.25) is 0 Å². The Morgan fingerprint density at radius 2 is 0.535 bits per heavy atom. The molecule has 11 aliphatic rings. The zero-order chi connectivity index (χ0) is 65.0. The Labute approximate surface area is 541 Å². The van der Waals surface area contributed by atoms with E-state index in [2.05, 4.69) is 286 Å². The summed E-state index contributed by atoms with van der Waals surface area (Å²) in [5.74, 6) is 0. The van der Waals surface area contributed by atoms with Gasteiger partial charge in [0.2, 0.25) is 0 Å². The number of allylic oxidation sites excluding steroid dienone is 22. The third-order valence-electron chi connectivity index (χ3n) is 19.2. The minimum atomic E-state index is 0.318. The fourth-order valence-corrected chi connectivity index (χ4v) is 12.3. The summed E-state index contributed by atoms with van der Waals surface area (Å²) in [4.78, 5) is 0. The smallest absolute Gasteiger partial charge is 0.00106 e. The molecule has 0 unspecified atom stereocenters. The van der Waals surface area contributed by atoms with E-state index in [0.717, 1.165) is 6.42 Å². The van der Waals surface area contributed by atoms with Crippen molar-refractivity contribution < 1.29 is 0 Å². The molecule has 86 heavy (non-hydrogen) atoms. The van der Waals surface area contributed by atoms with Crippen LogP contribution in [0.5, 0.6) is 0 Å². The molecule has 0 saturated heterocycles. The van der Waals surface area contributed by atoms with Crippen LogP contribution in [0.25, 0.3) is 0 Å². The quantitative estimate of drug-likeness (QED) is 0.168. The van der Waals surface area contributed by atoms with Crippen LogP contribution >= 0.6 is 0 Å². The van der Waals surface area contributed by atoms with E-state index in [4.69, 9.17) is 0 Å². The fraction of sp³-hybridized carbons (Fsp3) is 0.744. The van der Waals surface area contributed by atoms with Crippen molar-refractivity contribution in [2.45, 2.75) is 351 Å². The van der Waals surface area contributed by atoms with Crippen molar-refractivity contribution >= 4 is 0 Å². The van der Waals surface area contributed by atoms with Crippen LogP contribution in [0.1, 0.15) is 351 Å². The fourth-order valence-electron chi connectivity index (χ4n) is 12.3. The molecule has 11 aliphatic carbocycles. The summed E-state index contributed by atoms with van der Waals surface area (Å²) in [5, 5.41) is 0. The lowest BCUT2D eigenvalue weighted by Gasteiger charge is -2.28. The summed E-state index contributed by atoms with van der Waals surface area (Å²) in [7, 11) is 0. The van der Waals surface area contributed by atoms with Gasteiger partial charge in [0.15, 0.2) is 0 Å². The molecule has 0 nitrogen and oxygen atoms in total. The van der Waals surface area contributed by atoms with E-state index < -0.39 is 0 Å². The molecule has 0 N–H and O–H groups in total. The second-order valence-electron chi connectivity index (χ2n) is 35.8. The highest BCUT2D eigenvalue weighted by Crippen LogP contribution is 2.38. The molecule has 0 heterocycles. The third kappa shape index (κ3) is 47.1. The molecule has 0 spiro atoms. The van der Waals surface area contributed by atoms with E-state index in [1.54, 1.807) is 0 Å². The summed E-state index contributed by atoms with van der Waals surface area (Å²) in [6.07, 6.45) is 91.9. The van der Waals surface area contributed by atoms with Crippen LogP contribution in [0.2, 0.25) is 0 Å². The largest absolute Gasteiger partial charge is 0.0885 e. The van der Waals surface area contributed by atoms with Gasteiger partial charge < -0.3 is 0 Å². The van der Waals surface area contributed by atoms with Gasteiger partial charge in [-0.2, -0.15) is 0 Å². The maximum absolute atomic E-state index is 2.40. The number of hydrogen-bond donors (Lipinski definition) is 0. The molecule has 0 aliphatic heterocycles. The first-order valence-electron chi connectivity index (χ1n) is 36.2. The maximum atomic E-state index is 2.40. The Morgan fingerprint density at radius 3 is 0.791 bits per heavy atom. The third-order valence-corrected chi connectivity index (χ3v) is 19.2. The maximum Gasteiger partial charge on any atom is 0.00106 e.